The Kier molecular flexibility index (Phi) is 4.45. The van der Waals surface area contributed by atoms with Crippen LogP contribution in [-0.4, -0.2) is 27.1 Å². The number of hydrogen-bond donors (Lipinski definition) is 2. The smallest absolute Gasteiger partial charge is 0.319 e. The number of carboxylic acid groups (broad SMARTS) is 1. The average Bonchev–Trinajstić information content (AvgIpc) is 2.26. The normalized spacial score (nSPS) is 14.5. The maximum absolute atomic E-state index is 11.9. The number of carbonyl (C=O) groups is 1. The van der Waals surface area contributed by atoms with E-state index in [1.54, 1.807) is 30.3 Å². The number of benzene rings is 1. The van der Waals surface area contributed by atoms with Gasteiger partial charge >= 0.3 is 5.97 Å². The van der Waals surface area contributed by atoms with Gasteiger partial charge in [0.1, 0.15) is 5.25 Å². The second-order valence-corrected chi connectivity index (χ2v) is 4.65. The van der Waals surface area contributed by atoms with Crippen LogP contribution in [0.5, 0.6) is 0 Å². The predicted octanol–water partition coefficient (Wildman–Crippen LogP) is 0.596. The summed E-state index contributed by atoms with van der Waals surface area (Å²) < 4.78 is 11.9. The van der Waals surface area contributed by atoms with E-state index in [2.05, 4.69) is 0 Å². The summed E-state index contributed by atoms with van der Waals surface area (Å²) in [6.07, 6.45) is 0.219. The van der Waals surface area contributed by atoms with Gasteiger partial charge < -0.3 is 10.8 Å². The molecule has 0 saturated heterocycles. The van der Waals surface area contributed by atoms with E-state index in [-0.39, 0.29) is 13.0 Å². The third kappa shape index (κ3) is 3.14. The van der Waals surface area contributed by atoms with Crippen molar-refractivity contribution in [2.24, 2.45) is 5.73 Å². The Labute approximate surface area is 90.6 Å². The molecule has 5 heteroatoms. The Morgan fingerprint density at radius 1 is 1.40 bits per heavy atom. The molecule has 0 aromatic heterocycles. The lowest BCUT2D eigenvalue weighted by Crippen LogP contribution is -2.28. The molecule has 0 amide bonds. The van der Waals surface area contributed by atoms with E-state index in [1.165, 1.54) is 0 Å². The molecule has 2 atom stereocenters. The highest BCUT2D eigenvalue weighted by atomic mass is 32.2. The third-order valence-electron chi connectivity index (χ3n) is 1.94. The van der Waals surface area contributed by atoms with Gasteiger partial charge in [-0.15, -0.1) is 0 Å². The van der Waals surface area contributed by atoms with Crippen molar-refractivity contribution in [1.29, 1.82) is 0 Å². The molecule has 0 spiro atoms. The number of rotatable bonds is 5. The van der Waals surface area contributed by atoms with Crippen molar-refractivity contribution in [2.45, 2.75) is 16.6 Å². The van der Waals surface area contributed by atoms with Crippen LogP contribution in [0.3, 0.4) is 0 Å². The van der Waals surface area contributed by atoms with E-state index in [4.69, 9.17) is 10.8 Å². The minimum Gasteiger partial charge on any atom is -0.480 e. The first-order chi connectivity index (χ1) is 7.16. The maximum Gasteiger partial charge on any atom is 0.319 e. The molecule has 2 unspecified atom stereocenters. The molecule has 15 heavy (non-hydrogen) atoms. The molecule has 82 valence electrons. The fourth-order valence-electron chi connectivity index (χ4n) is 1.19. The van der Waals surface area contributed by atoms with Gasteiger partial charge in [0, 0.05) is 4.90 Å². The van der Waals surface area contributed by atoms with E-state index in [0.717, 1.165) is 0 Å². The Morgan fingerprint density at radius 3 is 2.47 bits per heavy atom. The van der Waals surface area contributed by atoms with Crippen LogP contribution in [0.25, 0.3) is 0 Å². The molecule has 4 nitrogen and oxygen atoms in total. The van der Waals surface area contributed by atoms with Crippen LogP contribution >= 0.6 is 0 Å². The summed E-state index contributed by atoms with van der Waals surface area (Å²) >= 11 is 0. The van der Waals surface area contributed by atoms with Gasteiger partial charge in [-0.05, 0) is 25.1 Å². The highest BCUT2D eigenvalue weighted by Gasteiger charge is 2.24. The molecule has 0 fully saturated rings. The zero-order valence-electron chi connectivity index (χ0n) is 8.13. The molecule has 0 aliphatic heterocycles. The summed E-state index contributed by atoms with van der Waals surface area (Å²) in [4.78, 5) is 11.4. The molecule has 1 aromatic rings. The monoisotopic (exact) mass is 227 g/mol. The van der Waals surface area contributed by atoms with Crippen molar-refractivity contribution in [2.75, 3.05) is 6.54 Å². The highest BCUT2D eigenvalue weighted by molar-refractivity contribution is 7.86. The summed E-state index contributed by atoms with van der Waals surface area (Å²) in [5.41, 5.74) is 5.29. The van der Waals surface area contributed by atoms with Crippen molar-refractivity contribution < 1.29 is 14.1 Å². The summed E-state index contributed by atoms with van der Waals surface area (Å²) in [6.45, 7) is 0.218. The van der Waals surface area contributed by atoms with Crippen LogP contribution < -0.4 is 5.73 Å². The van der Waals surface area contributed by atoms with Gasteiger partial charge in [-0.1, -0.05) is 18.2 Å². The van der Waals surface area contributed by atoms with E-state index in [1.807, 2.05) is 0 Å². The molecule has 0 aliphatic rings. The van der Waals surface area contributed by atoms with Crippen LogP contribution in [-0.2, 0) is 15.6 Å². The van der Waals surface area contributed by atoms with Crippen molar-refractivity contribution in [3.8, 4) is 0 Å². The maximum atomic E-state index is 11.9. The zero-order chi connectivity index (χ0) is 11.3. The molecule has 1 aromatic carbocycles. The second-order valence-electron chi connectivity index (χ2n) is 3.01. The molecular weight excluding hydrogens is 214 g/mol. The van der Waals surface area contributed by atoms with Gasteiger partial charge in [0.05, 0.1) is 10.8 Å². The summed E-state index contributed by atoms with van der Waals surface area (Å²) in [5.74, 6) is -1.07. The molecule has 0 radical (unpaired) electrons. The van der Waals surface area contributed by atoms with Crippen LogP contribution in [0.15, 0.2) is 35.2 Å². The van der Waals surface area contributed by atoms with Gasteiger partial charge in [-0.25, -0.2) is 0 Å². The quantitative estimate of drug-likeness (QED) is 0.771. The zero-order valence-corrected chi connectivity index (χ0v) is 8.94. The third-order valence-corrected chi connectivity index (χ3v) is 3.63. The summed E-state index contributed by atoms with van der Waals surface area (Å²) in [7, 11) is -1.53. The number of carboxylic acids is 1. The predicted molar refractivity (Wildman–Crippen MR) is 57.9 cm³/mol. The van der Waals surface area contributed by atoms with E-state index in [0.29, 0.717) is 4.90 Å². The van der Waals surface area contributed by atoms with Crippen molar-refractivity contribution in [3.63, 3.8) is 0 Å². The molecule has 3 N–H and O–H groups in total. The first-order valence-corrected chi connectivity index (χ1v) is 5.76. The average molecular weight is 227 g/mol. The van der Waals surface area contributed by atoms with E-state index >= 15 is 0 Å². The van der Waals surface area contributed by atoms with Crippen LogP contribution in [0.1, 0.15) is 6.42 Å². The van der Waals surface area contributed by atoms with Crippen molar-refractivity contribution in [1.82, 2.24) is 0 Å². The molecule has 0 bridgehead atoms. The fourth-order valence-corrected chi connectivity index (χ4v) is 2.48. The molecule has 0 saturated carbocycles. The van der Waals surface area contributed by atoms with Crippen LogP contribution in [0.2, 0.25) is 0 Å². The Balaban J connectivity index is 2.86. The second kappa shape index (κ2) is 5.63. The lowest BCUT2D eigenvalue weighted by atomic mass is 10.3. The van der Waals surface area contributed by atoms with Crippen molar-refractivity contribution in [3.05, 3.63) is 30.3 Å². The first-order valence-electron chi connectivity index (χ1n) is 4.55. The Morgan fingerprint density at radius 2 is 2.00 bits per heavy atom. The molecular formula is C10H13NO3S. The summed E-state index contributed by atoms with van der Waals surface area (Å²) in [5, 5.41) is 7.97. The largest absolute Gasteiger partial charge is 0.480 e. The topological polar surface area (TPSA) is 80.4 Å². The minimum atomic E-state index is -1.53. The lowest BCUT2D eigenvalue weighted by Gasteiger charge is -2.10. The van der Waals surface area contributed by atoms with Crippen LogP contribution in [0, 0.1) is 0 Å². The summed E-state index contributed by atoms with van der Waals surface area (Å²) in [6, 6.07) is 8.56. The molecule has 0 aliphatic carbocycles. The van der Waals surface area contributed by atoms with Crippen molar-refractivity contribution >= 4 is 16.8 Å². The van der Waals surface area contributed by atoms with Gasteiger partial charge in [0.25, 0.3) is 0 Å². The van der Waals surface area contributed by atoms with Crippen LogP contribution in [0.4, 0.5) is 0 Å². The Bertz CT molecular complexity index is 353. The standard InChI is InChI=1S/C10H13NO3S/c11-7-6-9(10(12)13)15(14)8-4-2-1-3-5-8/h1-5,9H,6-7,11H2,(H,12,13). The van der Waals surface area contributed by atoms with E-state index < -0.39 is 22.0 Å². The molecule has 0 heterocycles. The number of nitrogens with two attached hydrogens (primary N) is 1. The van der Waals surface area contributed by atoms with Gasteiger partial charge in [0.15, 0.2) is 0 Å². The number of hydrogen-bond acceptors (Lipinski definition) is 3. The van der Waals surface area contributed by atoms with E-state index in [9.17, 15) is 9.00 Å². The minimum absolute atomic E-state index is 0.218. The highest BCUT2D eigenvalue weighted by Crippen LogP contribution is 2.13. The Hall–Kier alpha value is -1.20. The van der Waals surface area contributed by atoms with Gasteiger partial charge in [-0.3, -0.25) is 9.00 Å². The van der Waals surface area contributed by atoms with Gasteiger partial charge in [0.2, 0.25) is 0 Å². The fraction of sp³-hybridized carbons (Fsp3) is 0.300. The lowest BCUT2D eigenvalue weighted by molar-refractivity contribution is -0.136. The first kappa shape index (κ1) is 11.9. The molecule has 1 rings (SSSR count). The van der Waals surface area contributed by atoms with Gasteiger partial charge in [-0.2, -0.15) is 0 Å². The SMILES string of the molecule is NCCC(C(=O)O)S(=O)c1ccccc1. The number of aliphatic carboxylic acids is 1.